The SMILES string of the molecule is CCS(=O)(=O)c1cc(NC(=O)/C=C/c2ccc(Cl)cc2)c(O)c(NC(=O)c2cc3cc(Cl)ccc3[nH]2)c1. The number of fused-ring (bicyclic) bond motifs is 1. The van der Waals surface area contributed by atoms with Crippen LogP contribution in [0, 0.1) is 0 Å². The number of benzene rings is 3. The summed E-state index contributed by atoms with van der Waals surface area (Å²) in [5.41, 5.74) is 1.17. The molecule has 1 aromatic heterocycles. The smallest absolute Gasteiger partial charge is 0.272 e. The number of anilines is 2. The molecule has 8 nitrogen and oxygen atoms in total. The van der Waals surface area contributed by atoms with Crippen molar-refractivity contribution in [1.29, 1.82) is 0 Å². The number of H-pyrrole nitrogens is 1. The first-order valence-corrected chi connectivity index (χ1v) is 13.4. The zero-order chi connectivity index (χ0) is 26.7. The first kappa shape index (κ1) is 26.3. The summed E-state index contributed by atoms with van der Waals surface area (Å²) in [6, 6.07) is 15.7. The molecule has 0 spiro atoms. The molecule has 0 saturated carbocycles. The van der Waals surface area contributed by atoms with Crippen LogP contribution in [-0.2, 0) is 14.6 Å². The average molecular weight is 558 g/mol. The maximum Gasteiger partial charge on any atom is 0.272 e. The lowest BCUT2D eigenvalue weighted by Gasteiger charge is -2.14. The van der Waals surface area contributed by atoms with Crippen LogP contribution in [0.15, 0.2) is 71.6 Å². The Bertz CT molecular complexity index is 1640. The quantitative estimate of drug-likeness (QED) is 0.166. The molecule has 3 aromatic carbocycles. The summed E-state index contributed by atoms with van der Waals surface area (Å²) in [5, 5.41) is 17.5. The van der Waals surface area contributed by atoms with Crippen molar-refractivity contribution >= 4 is 73.2 Å². The van der Waals surface area contributed by atoms with Gasteiger partial charge in [0.2, 0.25) is 5.91 Å². The number of aromatic amines is 1. The predicted molar refractivity (Wildman–Crippen MR) is 146 cm³/mol. The van der Waals surface area contributed by atoms with E-state index in [-0.39, 0.29) is 27.7 Å². The Hall–Kier alpha value is -3.79. The van der Waals surface area contributed by atoms with E-state index in [1.165, 1.54) is 19.1 Å². The number of carbonyl (C=O) groups is 2. The summed E-state index contributed by atoms with van der Waals surface area (Å²) in [6.07, 6.45) is 2.75. The first-order valence-electron chi connectivity index (χ1n) is 11.0. The van der Waals surface area contributed by atoms with E-state index in [4.69, 9.17) is 23.2 Å². The minimum atomic E-state index is -3.75. The van der Waals surface area contributed by atoms with Crippen molar-refractivity contribution in [2.75, 3.05) is 16.4 Å². The van der Waals surface area contributed by atoms with E-state index in [0.717, 1.165) is 12.1 Å². The molecule has 11 heteroatoms. The van der Waals surface area contributed by atoms with Crippen molar-refractivity contribution < 1.29 is 23.1 Å². The number of hydrogen-bond acceptors (Lipinski definition) is 5. The van der Waals surface area contributed by atoms with E-state index in [1.54, 1.807) is 48.5 Å². The van der Waals surface area contributed by atoms with Gasteiger partial charge in [-0.15, -0.1) is 0 Å². The van der Waals surface area contributed by atoms with Gasteiger partial charge in [0.15, 0.2) is 15.6 Å². The van der Waals surface area contributed by atoms with Gasteiger partial charge in [0, 0.05) is 27.0 Å². The summed E-state index contributed by atoms with van der Waals surface area (Å²) < 4.78 is 25.2. The Labute approximate surface area is 222 Å². The van der Waals surface area contributed by atoms with Gasteiger partial charge in [-0.05, 0) is 60.2 Å². The number of aromatic hydroxyl groups is 1. The van der Waals surface area contributed by atoms with Crippen molar-refractivity contribution in [2.45, 2.75) is 11.8 Å². The summed E-state index contributed by atoms with van der Waals surface area (Å²) in [6.45, 7) is 1.46. The summed E-state index contributed by atoms with van der Waals surface area (Å²) >= 11 is 11.9. The van der Waals surface area contributed by atoms with Gasteiger partial charge in [-0.2, -0.15) is 0 Å². The number of phenolic OH excluding ortho intramolecular Hbond substituents is 1. The third kappa shape index (κ3) is 6.14. The van der Waals surface area contributed by atoms with Crippen LogP contribution in [0.5, 0.6) is 5.75 Å². The number of rotatable bonds is 7. The lowest BCUT2D eigenvalue weighted by Crippen LogP contribution is -2.15. The standard InChI is InChI=1S/C26H21Cl2N3O5S/c1-2-37(35,36)19-13-21(30-24(32)10-5-15-3-6-17(27)7-4-15)25(33)22(14-19)31-26(34)23-12-16-11-18(28)8-9-20(16)29-23/h3-14,29,33H,2H2,1H3,(H,30,32)(H,31,34)/b10-5+. The van der Waals surface area contributed by atoms with Gasteiger partial charge in [0.1, 0.15) is 5.69 Å². The molecule has 0 radical (unpaired) electrons. The Morgan fingerprint density at radius 2 is 1.59 bits per heavy atom. The van der Waals surface area contributed by atoms with Crippen molar-refractivity contribution in [3.8, 4) is 5.75 Å². The third-order valence-electron chi connectivity index (χ3n) is 5.45. The third-order valence-corrected chi connectivity index (χ3v) is 7.65. The van der Waals surface area contributed by atoms with Crippen LogP contribution in [0.1, 0.15) is 23.0 Å². The molecule has 4 rings (SSSR count). The molecule has 0 aliphatic heterocycles. The summed E-state index contributed by atoms with van der Waals surface area (Å²) in [7, 11) is -3.75. The topological polar surface area (TPSA) is 128 Å². The lowest BCUT2D eigenvalue weighted by atomic mass is 10.2. The second-order valence-corrected chi connectivity index (χ2v) is 11.2. The summed E-state index contributed by atoms with van der Waals surface area (Å²) in [5.74, 6) is -1.98. The fraction of sp³-hybridized carbons (Fsp3) is 0.0769. The van der Waals surface area contributed by atoms with Gasteiger partial charge in [-0.1, -0.05) is 42.3 Å². The molecule has 0 unspecified atom stereocenters. The fourth-order valence-electron chi connectivity index (χ4n) is 3.48. The molecule has 0 atom stereocenters. The number of halogens is 2. The molecule has 2 amide bonds. The highest BCUT2D eigenvalue weighted by Crippen LogP contribution is 2.36. The van der Waals surface area contributed by atoms with Crippen molar-refractivity contribution in [3.63, 3.8) is 0 Å². The predicted octanol–water partition coefficient (Wildman–Crippen LogP) is 5.88. The molecule has 0 saturated heterocycles. The van der Waals surface area contributed by atoms with Crippen molar-refractivity contribution in [2.24, 2.45) is 0 Å². The Morgan fingerprint density at radius 1 is 0.946 bits per heavy atom. The van der Waals surface area contributed by atoms with Gasteiger partial charge in [0.25, 0.3) is 5.91 Å². The number of aromatic nitrogens is 1. The van der Waals surface area contributed by atoms with Gasteiger partial charge >= 0.3 is 0 Å². The number of carbonyl (C=O) groups excluding carboxylic acids is 2. The minimum absolute atomic E-state index is 0.164. The molecular weight excluding hydrogens is 537 g/mol. The molecular formula is C26H21Cl2N3O5S. The monoisotopic (exact) mass is 557 g/mol. The molecule has 0 fully saturated rings. The summed E-state index contributed by atoms with van der Waals surface area (Å²) in [4.78, 5) is 28.2. The number of hydrogen-bond donors (Lipinski definition) is 4. The van der Waals surface area contributed by atoms with Gasteiger partial charge in [-0.3, -0.25) is 9.59 Å². The Kier molecular flexibility index (Phi) is 7.58. The van der Waals surface area contributed by atoms with Crippen LogP contribution in [0.2, 0.25) is 10.0 Å². The fourth-order valence-corrected chi connectivity index (χ4v) is 4.72. The molecule has 4 aromatic rings. The highest BCUT2D eigenvalue weighted by atomic mass is 35.5. The highest BCUT2D eigenvalue weighted by molar-refractivity contribution is 7.91. The Balaban J connectivity index is 1.64. The van der Waals surface area contributed by atoms with Crippen LogP contribution in [0.4, 0.5) is 11.4 Å². The van der Waals surface area contributed by atoms with E-state index in [1.807, 2.05) is 0 Å². The second-order valence-electron chi connectivity index (χ2n) is 8.01. The first-order chi connectivity index (χ1) is 17.6. The van der Waals surface area contributed by atoms with Crippen LogP contribution in [0.3, 0.4) is 0 Å². The zero-order valence-electron chi connectivity index (χ0n) is 19.4. The molecule has 0 aliphatic carbocycles. The maximum absolute atomic E-state index is 12.9. The Morgan fingerprint density at radius 3 is 2.27 bits per heavy atom. The lowest BCUT2D eigenvalue weighted by molar-refractivity contribution is -0.111. The van der Waals surface area contributed by atoms with E-state index >= 15 is 0 Å². The number of nitrogens with one attached hydrogen (secondary N) is 3. The number of sulfone groups is 1. The van der Waals surface area contributed by atoms with Crippen LogP contribution < -0.4 is 10.6 Å². The largest absolute Gasteiger partial charge is 0.504 e. The molecule has 37 heavy (non-hydrogen) atoms. The van der Waals surface area contributed by atoms with E-state index < -0.39 is 27.4 Å². The molecule has 4 N–H and O–H groups in total. The molecule has 190 valence electrons. The van der Waals surface area contributed by atoms with Crippen LogP contribution in [0.25, 0.3) is 17.0 Å². The average Bonchev–Trinajstić information content (AvgIpc) is 3.29. The highest BCUT2D eigenvalue weighted by Gasteiger charge is 2.21. The van der Waals surface area contributed by atoms with E-state index in [0.29, 0.717) is 26.5 Å². The van der Waals surface area contributed by atoms with Crippen LogP contribution >= 0.6 is 23.2 Å². The minimum Gasteiger partial charge on any atom is -0.504 e. The van der Waals surface area contributed by atoms with Crippen LogP contribution in [-0.4, -0.2) is 36.1 Å². The second kappa shape index (κ2) is 10.7. The molecule has 1 heterocycles. The van der Waals surface area contributed by atoms with Crippen molar-refractivity contribution in [1.82, 2.24) is 4.98 Å². The maximum atomic E-state index is 12.9. The molecule has 0 bridgehead atoms. The van der Waals surface area contributed by atoms with Gasteiger partial charge < -0.3 is 20.7 Å². The van der Waals surface area contributed by atoms with Crippen molar-refractivity contribution in [3.05, 3.63) is 88.0 Å². The molecule has 0 aliphatic rings. The normalized spacial score (nSPS) is 11.6. The van der Waals surface area contributed by atoms with E-state index in [9.17, 15) is 23.1 Å². The van der Waals surface area contributed by atoms with Gasteiger partial charge in [0.05, 0.1) is 22.0 Å². The number of phenols is 1. The van der Waals surface area contributed by atoms with Gasteiger partial charge in [-0.25, -0.2) is 8.42 Å². The zero-order valence-corrected chi connectivity index (χ0v) is 21.7. The number of amides is 2. The van der Waals surface area contributed by atoms with E-state index in [2.05, 4.69) is 15.6 Å².